The molecule has 0 bridgehead atoms. The van der Waals surface area contributed by atoms with Crippen molar-refractivity contribution in [1.29, 1.82) is 5.26 Å². The molecule has 1 N–H and O–H groups in total. The number of benzene rings is 1. The first-order valence-corrected chi connectivity index (χ1v) is 9.17. The first-order chi connectivity index (χ1) is 14.8. The summed E-state index contributed by atoms with van der Waals surface area (Å²) in [6.45, 7) is 2.24. The van der Waals surface area contributed by atoms with Crippen LogP contribution in [0.15, 0.2) is 53.0 Å². The molecule has 0 radical (unpaired) electrons. The highest BCUT2D eigenvalue weighted by atomic mass is 19.4. The van der Waals surface area contributed by atoms with Crippen LogP contribution in [-0.2, 0) is 4.79 Å². The third-order valence-corrected chi connectivity index (χ3v) is 4.87. The minimum Gasteiger partial charge on any atom is -0.483 e. The van der Waals surface area contributed by atoms with Gasteiger partial charge in [0.05, 0.1) is 17.3 Å². The monoisotopic (exact) mass is 453 g/mol. The van der Waals surface area contributed by atoms with Crippen LogP contribution >= 0.6 is 0 Å². The van der Waals surface area contributed by atoms with E-state index in [4.69, 9.17) is 4.74 Å². The number of halogens is 5. The number of hydrogen-bond donors (Lipinski definition) is 1. The Morgan fingerprint density at radius 3 is 2.47 bits per heavy atom. The lowest BCUT2D eigenvalue weighted by atomic mass is 9.88. The average Bonchev–Trinajstić information content (AvgIpc) is 2.70. The lowest BCUT2D eigenvalue weighted by Crippen LogP contribution is -2.52. The van der Waals surface area contributed by atoms with Crippen LogP contribution in [0.5, 0.6) is 5.75 Å². The summed E-state index contributed by atoms with van der Waals surface area (Å²) in [6, 6.07) is 10.5. The maximum Gasteiger partial charge on any atom is 0.463 e. The second-order valence-electron chi connectivity index (χ2n) is 7.43. The van der Waals surface area contributed by atoms with Gasteiger partial charge < -0.3 is 10.1 Å². The number of nitrogens with zero attached hydrogens (tertiary/aromatic N) is 2. The number of carbonyl (C=O) groups is 1. The van der Waals surface area contributed by atoms with Gasteiger partial charge in [0, 0.05) is 29.9 Å². The van der Waals surface area contributed by atoms with Crippen LogP contribution in [0.25, 0.3) is 5.70 Å². The molecular weight excluding hydrogens is 437 g/mol. The number of pyridine rings is 1. The lowest BCUT2D eigenvalue weighted by Gasteiger charge is -2.37. The van der Waals surface area contributed by atoms with Crippen LogP contribution in [0.3, 0.4) is 0 Å². The number of nitrogens with one attached hydrogen (secondary N) is 1. The minimum absolute atomic E-state index is 0.0553. The molecule has 1 aromatic carbocycles. The Bertz CT molecular complexity index is 1210. The zero-order chi connectivity index (χ0) is 23.9. The Morgan fingerprint density at radius 1 is 1.19 bits per heavy atom. The SMILES string of the molecule is CC1(C)Oc2ccc(C#N)cc2C(n2ccccc2=O)=C1CNC(=O)C(F)(F)C(F)(F)F. The van der Waals surface area contributed by atoms with Crippen molar-refractivity contribution in [3.8, 4) is 11.8 Å². The molecule has 0 spiro atoms. The van der Waals surface area contributed by atoms with Crippen LogP contribution in [0.4, 0.5) is 22.0 Å². The van der Waals surface area contributed by atoms with Gasteiger partial charge in [-0.3, -0.25) is 14.2 Å². The number of carbonyl (C=O) groups excluding carboxylic acids is 1. The molecule has 0 atom stereocenters. The molecule has 0 fully saturated rings. The van der Waals surface area contributed by atoms with Crippen LogP contribution in [0.2, 0.25) is 0 Å². The number of fused-ring (bicyclic) bond motifs is 1. The van der Waals surface area contributed by atoms with Gasteiger partial charge in [0.1, 0.15) is 11.4 Å². The van der Waals surface area contributed by atoms with Gasteiger partial charge in [0.2, 0.25) is 0 Å². The fraction of sp³-hybridized carbons (Fsp3) is 0.286. The Labute approximate surface area is 178 Å². The Balaban J connectivity index is 2.19. The van der Waals surface area contributed by atoms with E-state index in [0.29, 0.717) is 0 Å². The molecule has 0 aliphatic carbocycles. The van der Waals surface area contributed by atoms with Crippen molar-refractivity contribution in [3.63, 3.8) is 0 Å². The quantitative estimate of drug-likeness (QED) is 0.719. The fourth-order valence-electron chi connectivity index (χ4n) is 3.25. The second kappa shape index (κ2) is 7.78. The summed E-state index contributed by atoms with van der Waals surface area (Å²) in [4.78, 5) is 24.2. The molecule has 1 amide bonds. The topological polar surface area (TPSA) is 84.1 Å². The molecule has 11 heteroatoms. The van der Waals surface area contributed by atoms with Crippen LogP contribution in [-0.4, -0.2) is 34.7 Å². The highest BCUT2D eigenvalue weighted by molar-refractivity contribution is 5.85. The van der Waals surface area contributed by atoms with Gasteiger partial charge in [0.25, 0.3) is 5.56 Å². The van der Waals surface area contributed by atoms with Gasteiger partial charge in [-0.05, 0) is 38.1 Å². The zero-order valence-electron chi connectivity index (χ0n) is 16.8. The molecule has 1 aliphatic rings. The van der Waals surface area contributed by atoms with Crippen LogP contribution in [0, 0.1) is 11.3 Å². The second-order valence-corrected chi connectivity index (χ2v) is 7.43. The Morgan fingerprint density at radius 2 is 1.88 bits per heavy atom. The minimum atomic E-state index is -6.07. The van der Waals surface area contributed by atoms with Crippen molar-refractivity contribution in [2.75, 3.05) is 6.54 Å². The van der Waals surface area contributed by atoms with E-state index in [1.54, 1.807) is 5.32 Å². The van der Waals surface area contributed by atoms with E-state index in [0.717, 1.165) is 4.57 Å². The summed E-state index contributed by atoms with van der Waals surface area (Å²) in [7, 11) is 0. The van der Waals surface area contributed by atoms with Gasteiger partial charge in [-0.25, -0.2) is 0 Å². The molecule has 6 nitrogen and oxygen atoms in total. The first-order valence-electron chi connectivity index (χ1n) is 9.17. The number of alkyl halides is 5. The summed E-state index contributed by atoms with van der Waals surface area (Å²) >= 11 is 0. The molecule has 0 unspecified atom stereocenters. The van der Waals surface area contributed by atoms with E-state index in [1.807, 2.05) is 6.07 Å². The third kappa shape index (κ3) is 3.95. The summed E-state index contributed by atoms with van der Waals surface area (Å²) in [5.74, 6) is -7.89. The highest BCUT2D eigenvalue weighted by Gasteiger charge is 2.63. The van der Waals surface area contributed by atoms with E-state index in [2.05, 4.69) is 0 Å². The van der Waals surface area contributed by atoms with E-state index in [1.165, 1.54) is 56.4 Å². The number of aromatic nitrogens is 1. The van der Waals surface area contributed by atoms with Crippen molar-refractivity contribution < 1.29 is 31.5 Å². The zero-order valence-corrected chi connectivity index (χ0v) is 16.8. The molecule has 3 rings (SSSR count). The van der Waals surface area contributed by atoms with E-state index in [9.17, 15) is 36.8 Å². The molecule has 1 aromatic heterocycles. The third-order valence-electron chi connectivity index (χ3n) is 4.87. The number of rotatable bonds is 4. The van der Waals surface area contributed by atoms with Crippen molar-refractivity contribution in [2.24, 2.45) is 0 Å². The van der Waals surface area contributed by atoms with E-state index < -0.39 is 35.7 Å². The molecule has 168 valence electrons. The first kappa shape index (κ1) is 23.0. The van der Waals surface area contributed by atoms with Crippen molar-refractivity contribution >= 4 is 11.6 Å². The number of amides is 1. The molecule has 1 aliphatic heterocycles. The van der Waals surface area contributed by atoms with Crippen LogP contribution < -0.4 is 15.6 Å². The summed E-state index contributed by atoms with van der Waals surface area (Å²) in [5, 5.41) is 10.8. The van der Waals surface area contributed by atoms with Crippen molar-refractivity contribution in [3.05, 3.63) is 69.6 Å². The maximum absolute atomic E-state index is 13.4. The predicted octanol–water partition coefficient (Wildman–Crippen LogP) is 3.46. The molecule has 2 aromatic rings. The van der Waals surface area contributed by atoms with Gasteiger partial charge in [-0.1, -0.05) is 6.07 Å². The normalized spacial score (nSPS) is 15.4. The molecule has 2 heterocycles. The fourth-order valence-corrected chi connectivity index (χ4v) is 3.25. The molecule has 0 saturated heterocycles. The standard InChI is InChI=1S/C21H16F5N3O3/c1-19(2)14(11-28-18(31)20(22,23)21(24,25)26)17(29-8-4-3-5-16(29)30)13-9-12(10-27)6-7-15(13)32-19/h3-9H,11H2,1-2H3,(H,28,31). The van der Waals surface area contributed by atoms with E-state index in [-0.39, 0.29) is 28.1 Å². The number of nitriles is 1. The molecular formula is C21H16F5N3O3. The largest absolute Gasteiger partial charge is 0.483 e. The summed E-state index contributed by atoms with van der Waals surface area (Å²) in [5.41, 5.74) is -1.25. The Kier molecular flexibility index (Phi) is 5.59. The van der Waals surface area contributed by atoms with Gasteiger partial charge in [-0.15, -0.1) is 0 Å². The predicted molar refractivity (Wildman–Crippen MR) is 103 cm³/mol. The molecule has 0 saturated carbocycles. The van der Waals surface area contributed by atoms with Crippen molar-refractivity contribution in [1.82, 2.24) is 9.88 Å². The van der Waals surface area contributed by atoms with Crippen LogP contribution in [0.1, 0.15) is 25.0 Å². The number of ether oxygens (including phenoxy) is 1. The lowest BCUT2D eigenvalue weighted by molar-refractivity contribution is -0.269. The smallest absolute Gasteiger partial charge is 0.463 e. The molecule has 32 heavy (non-hydrogen) atoms. The maximum atomic E-state index is 13.4. The average molecular weight is 453 g/mol. The highest BCUT2D eigenvalue weighted by Crippen LogP contribution is 2.41. The number of hydrogen-bond acceptors (Lipinski definition) is 4. The van der Waals surface area contributed by atoms with Crippen molar-refractivity contribution in [2.45, 2.75) is 31.5 Å². The van der Waals surface area contributed by atoms with Gasteiger partial charge in [-0.2, -0.15) is 27.2 Å². The van der Waals surface area contributed by atoms with Gasteiger partial charge >= 0.3 is 18.0 Å². The Hall–Kier alpha value is -3.68. The summed E-state index contributed by atoms with van der Waals surface area (Å²) in [6.07, 6.45) is -4.70. The summed E-state index contributed by atoms with van der Waals surface area (Å²) < 4.78 is 71.5. The van der Waals surface area contributed by atoms with Gasteiger partial charge in [0.15, 0.2) is 0 Å². The van der Waals surface area contributed by atoms with E-state index >= 15 is 0 Å².